The lowest BCUT2D eigenvalue weighted by atomic mass is 9.75. The maximum Gasteiger partial charge on any atom is 0.0862 e. The van der Waals surface area contributed by atoms with E-state index in [1.54, 1.807) is 0 Å². The number of allylic oxidation sites excluding steroid dienone is 3. The minimum Gasteiger partial charge on any atom is -0.286 e. The molecule has 0 bridgehead atoms. The minimum atomic E-state index is 0.728. The summed E-state index contributed by atoms with van der Waals surface area (Å²) < 4.78 is 0. The SMILES string of the molecule is CC/C=C1/N=CC(C)=C(C2CCC2)C1=NC. The van der Waals surface area contributed by atoms with E-state index in [9.17, 15) is 0 Å². The summed E-state index contributed by atoms with van der Waals surface area (Å²) in [6.45, 7) is 4.30. The van der Waals surface area contributed by atoms with Crippen molar-refractivity contribution in [1.29, 1.82) is 0 Å². The van der Waals surface area contributed by atoms with Gasteiger partial charge in [-0.15, -0.1) is 0 Å². The summed E-state index contributed by atoms with van der Waals surface area (Å²) in [5.74, 6) is 0.728. The lowest BCUT2D eigenvalue weighted by molar-refractivity contribution is 0.376. The van der Waals surface area contributed by atoms with Crippen LogP contribution in [0.15, 0.2) is 32.9 Å². The molecule has 1 saturated carbocycles. The molecular formula is C14H20N2. The maximum atomic E-state index is 4.49. The molecule has 86 valence electrons. The van der Waals surface area contributed by atoms with Gasteiger partial charge in [0.15, 0.2) is 0 Å². The normalized spacial score (nSPS) is 26.7. The Hall–Kier alpha value is -1.18. The van der Waals surface area contributed by atoms with Crippen LogP contribution in [0, 0.1) is 5.92 Å². The number of dihydropyridines is 1. The van der Waals surface area contributed by atoms with Gasteiger partial charge in [0, 0.05) is 13.3 Å². The molecule has 0 radical (unpaired) electrons. The van der Waals surface area contributed by atoms with Crippen LogP contribution >= 0.6 is 0 Å². The van der Waals surface area contributed by atoms with E-state index in [2.05, 4.69) is 29.9 Å². The Labute approximate surface area is 97.9 Å². The van der Waals surface area contributed by atoms with E-state index < -0.39 is 0 Å². The Morgan fingerprint density at radius 1 is 1.50 bits per heavy atom. The second kappa shape index (κ2) is 4.77. The average Bonchev–Trinajstić information content (AvgIpc) is 2.21. The van der Waals surface area contributed by atoms with Crippen molar-refractivity contribution in [2.24, 2.45) is 15.9 Å². The van der Waals surface area contributed by atoms with Crippen molar-refractivity contribution in [2.75, 3.05) is 7.05 Å². The molecular weight excluding hydrogens is 196 g/mol. The van der Waals surface area contributed by atoms with Crippen LogP contribution in [-0.2, 0) is 0 Å². The van der Waals surface area contributed by atoms with Gasteiger partial charge >= 0.3 is 0 Å². The number of nitrogens with zero attached hydrogens (tertiary/aromatic N) is 2. The average molecular weight is 216 g/mol. The molecule has 2 nitrogen and oxygen atoms in total. The van der Waals surface area contributed by atoms with Crippen molar-refractivity contribution in [3.63, 3.8) is 0 Å². The highest BCUT2D eigenvalue weighted by Gasteiger charge is 2.29. The molecule has 0 amide bonds. The zero-order valence-electron chi connectivity index (χ0n) is 10.5. The maximum absolute atomic E-state index is 4.49. The lowest BCUT2D eigenvalue weighted by Gasteiger charge is -2.31. The molecule has 0 N–H and O–H groups in total. The van der Waals surface area contributed by atoms with Gasteiger partial charge in [-0.3, -0.25) is 9.98 Å². The zero-order chi connectivity index (χ0) is 11.5. The fourth-order valence-corrected chi connectivity index (χ4v) is 2.41. The largest absolute Gasteiger partial charge is 0.286 e. The number of aliphatic imine (C=N–C) groups is 2. The van der Waals surface area contributed by atoms with Crippen LogP contribution in [0.4, 0.5) is 0 Å². The molecule has 1 fully saturated rings. The molecule has 16 heavy (non-hydrogen) atoms. The third-order valence-electron chi connectivity index (χ3n) is 3.45. The first-order valence-electron chi connectivity index (χ1n) is 6.20. The first kappa shape index (κ1) is 11.3. The van der Waals surface area contributed by atoms with E-state index in [-0.39, 0.29) is 0 Å². The summed E-state index contributed by atoms with van der Waals surface area (Å²) in [5, 5.41) is 0. The number of hydrogen-bond donors (Lipinski definition) is 0. The van der Waals surface area contributed by atoms with Gasteiger partial charge < -0.3 is 0 Å². The van der Waals surface area contributed by atoms with Crippen molar-refractivity contribution < 1.29 is 0 Å². The van der Waals surface area contributed by atoms with Gasteiger partial charge in [-0.05, 0) is 43.3 Å². The summed E-state index contributed by atoms with van der Waals surface area (Å²) in [6, 6.07) is 0. The van der Waals surface area contributed by atoms with Gasteiger partial charge in [0.2, 0.25) is 0 Å². The monoisotopic (exact) mass is 216 g/mol. The highest BCUT2D eigenvalue weighted by Crippen LogP contribution is 2.37. The minimum absolute atomic E-state index is 0.728. The van der Waals surface area contributed by atoms with Crippen molar-refractivity contribution in [2.45, 2.75) is 39.5 Å². The van der Waals surface area contributed by atoms with E-state index in [1.165, 1.54) is 30.4 Å². The van der Waals surface area contributed by atoms with E-state index in [0.29, 0.717) is 0 Å². The van der Waals surface area contributed by atoms with E-state index in [4.69, 9.17) is 0 Å². The fraction of sp³-hybridized carbons (Fsp3) is 0.571. The van der Waals surface area contributed by atoms with Crippen molar-refractivity contribution in [1.82, 2.24) is 0 Å². The molecule has 0 saturated heterocycles. The predicted octanol–water partition coefficient (Wildman–Crippen LogP) is 3.55. The molecule has 0 spiro atoms. The van der Waals surface area contributed by atoms with Crippen LogP contribution in [0.25, 0.3) is 0 Å². The molecule has 2 heteroatoms. The first-order valence-corrected chi connectivity index (χ1v) is 6.20. The zero-order valence-corrected chi connectivity index (χ0v) is 10.5. The highest BCUT2D eigenvalue weighted by molar-refractivity contribution is 6.18. The third-order valence-corrected chi connectivity index (χ3v) is 3.45. The summed E-state index contributed by atoms with van der Waals surface area (Å²) in [6.07, 6.45) is 9.19. The van der Waals surface area contributed by atoms with Crippen LogP contribution in [0.1, 0.15) is 39.5 Å². The first-order chi connectivity index (χ1) is 7.77. The Kier molecular flexibility index (Phi) is 3.37. The summed E-state index contributed by atoms with van der Waals surface area (Å²) in [7, 11) is 1.88. The van der Waals surface area contributed by atoms with Gasteiger partial charge in [0.05, 0.1) is 11.4 Å². The van der Waals surface area contributed by atoms with Gasteiger partial charge in [-0.1, -0.05) is 19.4 Å². The van der Waals surface area contributed by atoms with Crippen molar-refractivity contribution in [3.8, 4) is 0 Å². The second-order valence-corrected chi connectivity index (χ2v) is 4.55. The van der Waals surface area contributed by atoms with E-state index >= 15 is 0 Å². The Morgan fingerprint density at radius 3 is 2.75 bits per heavy atom. The quantitative estimate of drug-likeness (QED) is 0.674. The number of hydrogen-bond acceptors (Lipinski definition) is 2. The predicted molar refractivity (Wildman–Crippen MR) is 70.3 cm³/mol. The molecule has 2 rings (SSSR count). The Bertz CT molecular complexity index is 393. The van der Waals surface area contributed by atoms with Gasteiger partial charge in [0.1, 0.15) is 0 Å². The molecule has 0 aromatic heterocycles. The topological polar surface area (TPSA) is 24.7 Å². The third kappa shape index (κ3) is 1.89. The Balaban J connectivity index is 2.38. The molecule has 1 heterocycles. The molecule has 0 unspecified atom stereocenters. The summed E-state index contributed by atoms with van der Waals surface area (Å²) in [4.78, 5) is 8.95. The fourth-order valence-electron chi connectivity index (χ4n) is 2.41. The molecule has 1 aliphatic carbocycles. The van der Waals surface area contributed by atoms with Crippen LogP contribution in [0.2, 0.25) is 0 Å². The smallest absolute Gasteiger partial charge is 0.0862 e. The molecule has 0 atom stereocenters. The van der Waals surface area contributed by atoms with Crippen LogP contribution in [0.5, 0.6) is 0 Å². The molecule has 2 aliphatic rings. The Morgan fingerprint density at radius 2 is 2.25 bits per heavy atom. The van der Waals surface area contributed by atoms with Gasteiger partial charge in [0.25, 0.3) is 0 Å². The van der Waals surface area contributed by atoms with Crippen molar-refractivity contribution in [3.05, 3.63) is 22.9 Å². The van der Waals surface area contributed by atoms with E-state index in [0.717, 1.165) is 23.7 Å². The van der Waals surface area contributed by atoms with Gasteiger partial charge in [-0.25, -0.2) is 0 Å². The molecule has 0 aromatic rings. The number of rotatable bonds is 2. The van der Waals surface area contributed by atoms with Crippen molar-refractivity contribution >= 4 is 11.9 Å². The standard InChI is InChI=1S/C14H20N2/c1-4-6-12-14(15-3)13(10(2)9-16-12)11-7-5-8-11/h6,9,11H,4-5,7-8H2,1-3H3/b12-6+,15-14?. The summed E-state index contributed by atoms with van der Waals surface area (Å²) >= 11 is 0. The van der Waals surface area contributed by atoms with Crippen LogP contribution < -0.4 is 0 Å². The lowest BCUT2D eigenvalue weighted by Crippen LogP contribution is -2.24. The molecule has 1 aliphatic heterocycles. The van der Waals surface area contributed by atoms with Crippen LogP contribution in [-0.4, -0.2) is 19.0 Å². The van der Waals surface area contributed by atoms with Gasteiger partial charge in [-0.2, -0.15) is 0 Å². The second-order valence-electron chi connectivity index (χ2n) is 4.55. The highest BCUT2D eigenvalue weighted by atomic mass is 14.8. The summed E-state index contributed by atoms with van der Waals surface area (Å²) in [5.41, 5.74) is 4.95. The van der Waals surface area contributed by atoms with E-state index in [1.807, 2.05) is 13.3 Å². The van der Waals surface area contributed by atoms with Crippen LogP contribution in [0.3, 0.4) is 0 Å². The molecule has 0 aromatic carbocycles.